The van der Waals surface area contributed by atoms with E-state index in [-0.39, 0.29) is 0 Å². The van der Waals surface area contributed by atoms with Crippen LogP contribution < -0.4 is 5.32 Å². The van der Waals surface area contributed by atoms with Gasteiger partial charge in [0.1, 0.15) is 0 Å². The molecule has 4 heteroatoms. The molecule has 3 aromatic carbocycles. The van der Waals surface area contributed by atoms with Crippen molar-refractivity contribution >= 4 is 10.8 Å². The average molecular weight is 365 g/mol. The Balaban J connectivity index is 1.98. The third-order valence-corrected chi connectivity index (χ3v) is 3.89. The Morgan fingerprint density at radius 2 is 1.88 bits per heavy atom. The minimum absolute atomic E-state index is 0.687. The van der Waals surface area contributed by atoms with Gasteiger partial charge in [-0.25, -0.2) is 0 Å². The summed E-state index contributed by atoms with van der Waals surface area (Å²) in [5, 5.41) is 4.28. The largest absolute Gasteiger partial charge is 0.416 e. The second-order valence-electron chi connectivity index (χ2n) is 5.76. The van der Waals surface area contributed by atoms with Gasteiger partial charge in [-0.05, 0) is 54.2 Å². The normalized spacial score (nSPS) is 18.6. The van der Waals surface area contributed by atoms with Crippen LogP contribution in [0.25, 0.3) is 10.8 Å². The number of rotatable bonds is 6. The van der Waals surface area contributed by atoms with E-state index in [2.05, 4.69) is 5.32 Å². The highest BCUT2D eigenvalue weighted by Crippen LogP contribution is 2.29. The molecule has 3 aromatic rings. The number of halogens is 3. The van der Waals surface area contributed by atoms with Gasteiger partial charge in [-0.3, -0.25) is 0 Å². The molecule has 1 atom stereocenters. The molecule has 0 saturated heterocycles. The van der Waals surface area contributed by atoms with Gasteiger partial charge in [0.25, 0.3) is 0 Å². The standard InChI is InChI=1S/C22H22F3N/c1-16(20-13-5-10-18-9-2-3-12-21(18)20)26-14-6-8-17-7-4-11-19(15-17)22(23,24)25/h2-5,7,9-13,15-16,26H,6,8,14H2,1H3/t16-/m1/s1/i4D,6D2,7D,11D,14D2,15D. The van der Waals surface area contributed by atoms with Crippen LogP contribution in [-0.2, 0) is 12.6 Å². The van der Waals surface area contributed by atoms with E-state index in [0.29, 0.717) is 5.56 Å². The first-order chi connectivity index (χ1) is 15.6. The summed E-state index contributed by atoms with van der Waals surface area (Å²) in [7, 11) is 0. The van der Waals surface area contributed by atoms with E-state index in [9.17, 15) is 13.2 Å². The first kappa shape index (κ1) is 10.7. The molecule has 0 fully saturated rings. The summed E-state index contributed by atoms with van der Waals surface area (Å²) >= 11 is 0. The van der Waals surface area contributed by atoms with E-state index in [1.54, 1.807) is 19.1 Å². The van der Waals surface area contributed by atoms with Crippen LogP contribution in [0.4, 0.5) is 13.2 Å². The van der Waals surface area contributed by atoms with Gasteiger partial charge < -0.3 is 5.32 Å². The van der Waals surface area contributed by atoms with Crippen LogP contribution in [0, 0.1) is 0 Å². The zero-order valence-corrected chi connectivity index (χ0v) is 14.0. The minimum atomic E-state index is -5.15. The lowest BCUT2D eigenvalue weighted by atomic mass is 9.99. The molecule has 3 rings (SSSR count). The van der Waals surface area contributed by atoms with Gasteiger partial charge in [-0.2, -0.15) is 13.2 Å². The van der Waals surface area contributed by atoms with Crippen molar-refractivity contribution in [2.24, 2.45) is 0 Å². The van der Waals surface area contributed by atoms with Crippen molar-refractivity contribution in [2.45, 2.75) is 31.9 Å². The number of fused-ring (bicyclic) bond motifs is 1. The molecular formula is C22H22F3N. The highest BCUT2D eigenvalue weighted by atomic mass is 19.4. The SMILES string of the molecule is [2H]c1c([2H])c(CC([2H])([2H])C([2H])([2H])N[C@H](C)c2cccc3ccccc23)c([2H])c(C(F)(F)F)c1[2H]. The molecule has 0 aromatic heterocycles. The van der Waals surface area contributed by atoms with Gasteiger partial charge in [-0.1, -0.05) is 60.6 Å². The topological polar surface area (TPSA) is 12.0 Å². The predicted octanol–water partition coefficient (Wildman–Crippen LogP) is 6.14. The van der Waals surface area contributed by atoms with E-state index in [1.165, 1.54) is 0 Å². The fourth-order valence-electron chi connectivity index (χ4n) is 2.61. The van der Waals surface area contributed by atoms with Crippen molar-refractivity contribution in [1.82, 2.24) is 5.32 Å². The number of nitrogens with one attached hydrogen (secondary N) is 1. The monoisotopic (exact) mass is 365 g/mol. The third-order valence-electron chi connectivity index (χ3n) is 3.89. The van der Waals surface area contributed by atoms with Gasteiger partial charge >= 0.3 is 6.18 Å². The molecular weight excluding hydrogens is 335 g/mol. The van der Waals surface area contributed by atoms with E-state index >= 15 is 0 Å². The lowest BCUT2D eigenvalue weighted by Crippen LogP contribution is -2.20. The van der Waals surface area contributed by atoms with Crippen LogP contribution in [-0.4, -0.2) is 6.50 Å². The molecule has 26 heavy (non-hydrogen) atoms. The summed E-state index contributed by atoms with van der Waals surface area (Å²) in [6.07, 6.45) is -9.09. The molecule has 0 aliphatic carbocycles. The Morgan fingerprint density at radius 1 is 1.12 bits per heavy atom. The molecule has 0 bridgehead atoms. The van der Waals surface area contributed by atoms with E-state index < -0.39 is 66.8 Å². The third kappa shape index (κ3) is 4.44. The van der Waals surface area contributed by atoms with E-state index in [4.69, 9.17) is 11.0 Å². The van der Waals surface area contributed by atoms with Crippen LogP contribution >= 0.6 is 0 Å². The number of alkyl halides is 3. The maximum atomic E-state index is 13.4. The van der Waals surface area contributed by atoms with Crippen molar-refractivity contribution in [2.75, 3.05) is 6.50 Å². The van der Waals surface area contributed by atoms with Crippen LogP contribution in [0.1, 0.15) is 47.0 Å². The van der Waals surface area contributed by atoms with Crippen molar-refractivity contribution in [3.8, 4) is 0 Å². The molecule has 1 nitrogen and oxygen atoms in total. The van der Waals surface area contributed by atoms with Gasteiger partial charge in [-0.15, -0.1) is 0 Å². The molecule has 0 aliphatic rings. The summed E-state index contributed by atoms with van der Waals surface area (Å²) in [5.74, 6) is 0. The molecule has 0 unspecified atom stereocenters. The van der Waals surface area contributed by atoms with Gasteiger partial charge in [0.15, 0.2) is 0 Å². The lowest BCUT2D eigenvalue weighted by molar-refractivity contribution is -0.137. The van der Waals surface area contributed by atoms with Gasteiger partial charge in [0, 0.05) is 11.5 Å². The Kier molecular flexibility index (Phi) is 3.27. The Bertz CT molecular complexity index is 1220. The Morgan fingerprint density at radius 3 is 2.69 bits per heavy atom. The lowest BCUT2D eigenvalue weighted by Gasteiger charge is -2.17. The molecule has 1 N–H and O–H groups in total. The Labute approximate surface area is 163 Å². The number of hydrogen-bond donors (Lipinski definition) is 1. The van der Waals surface area contributed by atoms with E-state index in [1.807, 2.05) is 30.3 Å². The summed E-state index contributed by atoms with van der Waals surface area (Å²) < 4.78 is 104. The van der Waals surface area contributed by atoms with Crippen LogP contribution in [0.5, 0.6) is 0 Å². The van der Waals surface area contributed by atoms with Crippen molar-refractivity contribution in [1.29, 1.82) is 0 Å². The fourth-order valence-corrected chi connectivity index (χ4v) is 2.61. The maximum absolute atomic E-state index is 13.4. The quantitative estimate of drug-likeness (QED) is 0.553. The van der Waals surface area contributed by atoms with Crippen molar-refractivity contribution in [3.05, 3.63) is 83.3 Å². The molecule has 0 radical (unpaired) electrons. The maximum Gasteiger partial charge on any atom is 0.416 e. The van der Waals surface area contributed by atoms with Crippen LogP contribution in [0.2, 0.25) is 0 Å². The number of benzene rings is 3. The number of hydrogen-bond acceptors (Lipinski definition) is 1. The smallest absolute Gasteiger partial charge is 0.310 e. The molecule has 136 valence electrons. The summed E-state index contributed by atoms with van der Waals surface area (Å²) in [6.45, 7) is -1.16. The Hall–Kier alpha value is -2.33. The predicted molar refractivity (Wildman–Crippen MR) is 100 cm³/mol. The first-order valence-corrected chi connectivity index (χ1v) is 8.00. The van der Waals surface area contributed by atoms with Crippen LogP contribution in [0.15, 0.2) is 66.6 Å². The molecule has 0 amide bonds. The molecule has 0 spiro atoms. The van der Waals surface area contributed by atoms with Gasteiger partial charge in [0.05, 0.1) is 11.0 Å². The van der Waals surface area contributed by atoms with Gasteiger partial charge in [0.2, 0.25) is 0 Å². The fraction of sp³-hybridized carbons (Fsp3) is 0.273. The summed E-state index contributed by atoms with van der Waals surface area (Å²) in [6, 6.07) is 7.45. The van der Waals surface area contributed by atoms with E-state index in [0.717, 1.165) is 10.8 Å². The average Bonchev–Trinajstić information content (AvgIpc) is 2.73. The highest BCUT2D eigenvalue weighted by molar-refractivity contribution is 5.86. The second-order valence-corrected chi connectivity index (χ2v) is 5.76. The second kappa shape index (κ2) is 7.92. The first-order valence-electron chi connectivity index (χ1n) is 12.0. The van der Waals surface area contributed by atoms with Crippen molar-refractivity contribution in [3.63, 3.8) is 0 Å². The molecule has 0 heterocycles. The zero-order chi connectivity index (χ0) is 25.6. The zero-order valence-electron chi connectivity index (χ0n) is 22.0. The highest BCUT2D eigenvalue weighted by Gasteiger charge is 2.30. The van der Waals surface area contributed by atoms with Crippen molar-refractivity contribution < 1.29 is 24.1 Å². The summed E-state index contributed by atoms with van der Waals surface area (Å²) in [4.78, 5) is 0. The minimum Gasteiger partial charge on any atom is -0.310 e. The molecule has 0 saturated carbocycles. The summed E-state index contributed by atoms with van der Waals surface area (Å²) in [5.41, 5.74) is -1.83. The molecule has 0 aliphatic heterocycles. The van der Waals surface area contributed by atoms with Crippen LogP contribution in [0.3, 0.4) is 0 Å².